The van der Waals surface area contributed by atoms with Gasteiger partial charge in [0, 0.05) is 17.7 Å². The predicted octanol–water partition coefficient (Wildman–Crippen LogP) is 3.44. The number of nitrogens with zero attached hydrogens (tertiary/aromatic N) is 1. The molecule has 0 aliphatic heterocycles. The molecule has 0 aromatic heterocycles. The molecule has 1 aromatic carbocycles. The molecular formula is C15H22N2O2. The first-order valence-electron chi connectivity index (χ1n) is 7.04. The molecule has 1 aliphatic rings. The lowest BCUT2D eigenvalue weighted by atomic mass is 9.73. The number of hydrogen-bond acceptors (Lipinski definition) is 3. The van der Waals surface area contributed by atoms with Crippen LogP contribution < -0.4 is 5.73 Å². The Hall–Kier alpha value is -1.42. The fraction of sp³-hybridized carbons (Fsp3) is 0.600. The van der Waals surface area contributed by atoms with E-state index in [1.54, 1.807) is 12.1 Å². The number of hydrogen-bond donors (Lipinski definition) is 1. The lowest BCUT2D eigenvalue weighted by Crippen LogP contribution is -2.45. The molecule has 4 nitrogen and oxygen atoms in total. The van der Waals surface area contributed by atoms with Crippen molar-refractivity contribution in [1.82, 2.24) is 0 Å². The molecule has 1 aliphatic carbocycles. The van der Waals surface area contributed by atoms with Gasteiger partial charge in [0.1, 0.15) is 0 Å². The van der Waals surface area contributed by atoms with Crippen LogP contribution in [0.2, 0.25) is 0 Å². The van der Waals surface area contributed by atoms with Gasteiger partial charge in [-0.3, -0.25) is 10.1 Å². The average Bonchev–Trinajstić information content (AvgIpc) is 2.40. The van der Waals surface area contributed by atoms with E-state index in [1.807, 2.05) is 12.1 Å². The van der Waals surface area contributed by atoms with Crippen molar-refractivity contribution in [3.63, 3.8) is 0 Å². The minimum absolute atomic E-state index is 0.123. The first-order valence-corrected chi connectivity index (χ1v) is 7.04. The highest BCUT2D eigenvalue weighted by Crippen LogP contribution is 2.34. The van der Waals surface area contributed by atoms with Crippen LogP contribution in [0.15, 0.2) is 24.3 Å². The summed E-state index contributed by atoms with van der Waals surface area (Å²) >= 11 is 0. The van der Waals surface area contributed by atoms with Crippen LogP contribution in [0.3, 0.4) is 0 Å². The molecule has 1 aromatic rings. The van der Waals surface area contributed by atoms with Crippen molar-refractivity contribution in [1.29, 1.82) is 0 Å². The molecule has 104 valence electrons. The Morgan fingerprint density at radius 3 is 2.37 bits per heavy atom. The minimum atomic E-state index is -0.367. The molecule has 1 saturated carbocycles. The number of benzene rings is 1. The maximum Gasteiger partial charge on any atom is 0.269 e. The molecule has 0 heterocycles. The maximum atomic E-state index is 10.6. The van der Waals surface area contributed by atoms with Crippen molar-refractivity contribution in [2.45, 2.75) is 51.0 Å². The molecule has 19 heavy (non-hydrogen) atoms. The molecule has 4 heteroatoms. The fourth-order valence-electron chi connectivity index (χ4n) is 2.98. The van der Waals surface area contributed by atoms with Crippen molar-refractivity contribution < 1.29 is 4.92 Å². The standard InChI is InChI=1S/C15H22N2O2/c1-2-12-7-9-15(16,10-8-12)11-13-3-5-14(6-4-13)17(18)19/h3-6,12H,2,7-11,16H2,1H3. The van der Waals surface area contributed by atoms with E-state index in [0.29, 0.717) is 0 Å². The van der Waals surface area contributed by atoms with Gasteiger partial charge in [-0.2, -0.15) is 0 Å². The summed E-state index contributed by atoms with van der Waals surface area (Å²) in [5.41, 5.74) is 7.59. The Labute approximate surface area is 114 Å². The van der Waals surface area contributed by atoms with Crippen LogP contribution in [0.25, 0.3) is 0 Å². The second kappa shape index (κ2) is 5.70. The summed E-state index contributed by atoms with van der Waals surface area (Å²) in [5.74, 6) is 0.827. The summed E-state index contributed by atoms with van der Waals surface area (Å²) in [7, 11) is 0. The second-order valence-corrected chi connectivity index (χ2v) is 5.81. The summed E-state index contributed by atoms with van der Waals surface area (Å²) in [6.07, 6.45) is 6.60. The van der Waals surface area contributed by atoms with Gasteiger partial charge in [0.15, 0.2) is 0 Å². The Morgan fingerprint density at radius 1 is 1.32 bits per heavy atom. The third-order valence-corrected chi connectivity index (χ3v) is 4.38. The molecule has 0 saturated heterocycles. The Balaban J connectivity index is 1.98. The highest BCUT2D eigenvalue weighted by atomic mass is 16.6. The van der Waals surface area contributed by atoms with E-state index in [-0.39, 0.29) is 16.1 Å². The number of rotatable bonds is 4. The second-order valence-electron chi connectivity index (χ2n) is 5.81. The maximum absolute atomic E-state index is 10.6. The van der Waals surface area contributed by atoms with Gasteiger partial charge in [-0.1, -0.05) is 25.5 Å². The molecule has 0 atom stereocenters. The lowest BCUT2D eigenvalue weighted by molar-refractivity contribution is -0.384. The lowest BCUT2D eigenvalue weighted by Gasteiger charge is -2.37. The summed E-state index contributed by atoms with van der Waals surface area (Å²) in [6.45, 7) is 2.24. The zero-order valence-corrected chi connectivity index (χ0v) is 11.5. The van der Waals surface area contributed by atoms with Gasteiger partial charge in [0.05, 0.1) is 4.92 Å². The van der Waals surface area contributed by atoms with Crippen molar-refractivity contribution >= 4 is 5.69 Å². The normalized spacial score (nSPS) is 27.2. The van der Waals surface area contributed by atoms with Crippen LogP contribution in [0, 0.1) is 16.0 Å². The molecular weight excluding hydrogens is 240 g/mol. The minimum Gasteiger partial charge on any atom is -0.325 e. The van der Waals surface area contributed by atoms with Crippen molar-refractivity contribution in [3.05, 3.63) is 39.9 Å². The van der Waals surface area contributed by atoms with Crippen molar-refractivity contribution in [2.24, 2.45) is 11.7 Å². The summed E-state index contributed by atoms with van der Waals surface area (Å²) in [4.78, 5) is 10.2. The topological polar surface area (TPSA) is 69.2 Å². The van der Waals surface area contributed by atoms with Crippen LogP contribution in [0.1, 0.15) is 44.6 Å². The van der Waals surface area contributed by atoms with E-state index in [2.05, 4.69) is 6.92 Å². The van der Waals surface area contributed by atoms with Crippen LogP contribution in [0.5, 0.6) is 0 Å². The first kappa shape index (κ1) is 14.0. The van der Waals surface area contributed by atoms with Crippen LogP contribution in [0.4, 0.5) is 5.69 Å². The molecule has 0 bridgehead atoms. The smallest absolute Gasteiger partial charge is 0.269 e. The molecule has 0 spiro atoms. The zero-order valence-electron chi connectivity index (χ0n) is 11.5. The molecule has 2 rings (SSSR count). The van der Waals surface area contributed by atoms with Gasteiger partial charge in [0.2, 0.25) is 0 Å². The van der Waals surface area contributed by atoms with Crippen molar-refractivity contribution in [3.8, 4) is 0 Å². The van der Waals surface area contributed by atoms with Crippen LogP contribution >= 0.6 is 0 Å². The Morgan fingerprint density at radius 2 is 1.89 bits per heavy atom. The third kappa shape index (κ3) is 3.53. The SMILES string of the molecule is CCC1CCC(N)(Cc2ccc([N+](=O)[O-])cc2)CC1. The summed E-state index contributed by atoms with van der Waals surface area (Å²) in [5, 5.41) is 10.6. The molecule has 0 amide bonds. The zero-order chi connectivity index (χ0) is 13.9. The monoisotopic (exact) mass is 262 g/mol. The van der Waals surface area contributed by atoms with E-state index < -0.39 is 0 Å². The van der Waals surface area contributed by atoms with Gasteiger partial charge in [0.25, 0.3) is 5.69 Å². The predicted molar refractivity (Wildman–Crippen MR) is 76.0 cm³/mol. The highest BCUT2D eigenvalue weighted by Gasteiger charge is 2.31. The number of nitrogens with two attached hydrogens (primary N) is 1. The average molecular weight is 262 g/mol. The Kier molecular flexibility index (Phi) is 4.20. The van der Waals surface area contributed by atoms with Crippen molar-refractivity contribution in [2.75, 3.05) is 0 Å². The van der Waals surface area contributed by atoms with Gasteiger partial charge in [-0.05, 0) is 43.6 Å². The molecule has 0 radical (unpaired) electrons. The fourth-order valence-corrected chi connectivity index (χ4v) is 2.98. The van der Waals surface area contributed by atoms with Gasteiger partial charge in [-0.25, -0.2) is 0 Å². The number of nitro groups is 1. The number of non-ortho nitro benzene ring substituents is 1. The van der Waals surface area contributed by atoms with Crippen LogP contribution in [-0.2, 0) is 6.42 Å². The summed E-state index contributed by atoms with van der Waals surface area (Å²) < 4.78 is 0. The molecule has 2 N–H and O–H groups in total. The van der Waals surface area contributed by atoms with Crippen LogP contribution in [-0.4, -0.2) is 10.5 Å². The van der Waals surface area contributed by atoms with E-state index in [9.17, 15) is 10.1 Å². The molecule has 1 fully saturated rings. The van der Waals surface area contributed by atoms with Gasteiger partial charge < -0.3 is 5.73 Å². The third-order valence-electron chi connectivity index (χ3n) is 4.38. The van der Waals surface area contributed by atoms with Gasteiger partial charge in [-0.15, -0.1) is 0 Å². The van der Waals surface area contributed by atoms with E-state index in [1.165, 1.54) is 19.3 Å². The van der Waals surface area contributed by atoms with E-state index >= 15 is 0 Å². The van der Waals surface area contributed by atoms with E-state index in [4.69, 9.17) is 5.73 Å². The quantitative estimate of drug-likeness (QED) is 0.667. The Bertz CT molecular complexity index is 434. The molecule has 0 unspecified atom stereocenters. The number of nitro benzene ring substituents is 1. The van der Waals surface area contributed by atoms with E-state index in [0.717, 1.165) is 30.7 Å². The first-order chi connectivity index (χ1) is 9.02. The largest absolute Gasteiger partial charge is 0.325 e. The van der Waals surface area contributed by atoms with Gasteiger partial charge >= 0.3 is 0 Å². The summed E-state index contributed by atoms with van der Waals surface area (Å²) in [6, 6.07) is 6.80. The highest BCUT2D eigenvalue weighted by molar-refractivity contribution is 5.33.